The molecule has 1 spiro atoms. The van der Waals surface area contributed by atoms with Crippen molar-refractivity contribution < 1.29 is 9.18 Å². The summed E-state index contributed by atoms with van der Waals surface area (Å²) in [5, 5.41) is 3.14. The van der Waals surface area contributed by atoms with Gasteiger partial charge in [-0.3, -0.25) is 20.1 Å². The molecule has 1 N–H and O–H groups in total. The molecule has 1 unspecified atom stereocenters. The van der Waals surface area contributed by atoms with Crippen LogP contribution in [0, 0.1) is 11.7 Å². The summed E-state index contributed by atoms with van der Waals surface area (Å²) in [6, 6.07) is 15.8. The van der Waals surface area contributed by atoms with E-state index in [1.807, 2.05) is 11.0 Å². The van der Waals surface area contributed by atoms with Crippen molar-refractivity contribution in [2.75, 3.05) is 11.4 Å². The van der Waals surface area contributed by atoms with Crippen LogP contribution in [0.25, 0.3) is 0 Å². The van der Waals surface area contributed by atoms with Crippen molar-refractivity contribution in [3.63, 3.8) is 0 Å². The van der Waals surface area contributed by atoms with Gasteiger partial charge in [0, 0.05) is 24.8 Å². The number of carbonyl (C=O) groups excluding carboxylic acids is 1. The highest BCUT2D eigenvalue weighted by Gasteiger charge is 2.54. The topological polar surface area (TPSA) is 47.9 Å². The minimum absolute atomic E-state index is 0.186. The van der Waals surface area contributed by atoms with E-state index in [0.717, 1.165) is 50.5 Å². The average Bonchev–Trinajstić information content (AvgIpc) is 3.66. The molecule has 5 nitrogen and oxygen atoms in total. The molecule has 2 aromatic rings. The van der Waals surface area contributed by atoms with Crippen LogP contribution in [0.3, 0.4) is 0 Å². The first-order chi connectivity index (χ1) is 18.0. The molecule has 196 valence electrons. The van der Waals surface area contributed by atoms with Crippen molar-refractivity contribution >= 4 is 17.6 Å². The van der Waals surface area contributed by atoms with Gasteiger partial charge in [0.2, 0.25) is 0 Å². The number of anilines is 1. The summed E-state index contributed by atoms with van der Waals surface area (Å²) in [5.74, 6) is 1.35. The van der Waals surface area contributed by atoms with E-state index in [1.165, 1.54) is 61.8 Å². The van der Waals surface area contributed by atoms with Crippen molar-refractivity contribution in [1.82, 2.24) is 10.2 Å². The zero-order valence-corrected chi connectivity index (χ0v) is 22.0. The number of amidine groups is 1. The normalized spacial score (nSPS) is 28.3. The van der Waals surface area contributed by atoms with Crippen molar-refractivity contribution in [1.29, 1.82) is 0 Å². The van der Waals surface area contributed by atoms with E-state index in [0.29, 0.717) is 5.69 Å². The molecule has 0 aromatic heterocycles. The van der Waals surface area contributed by atoms with Gasteiger partial charge in [0.25, 0.3) is 0 Å². The first kappa shape index (κ1) is 24.6. The lowest BCUT2D eigenvalue weighted by atomic mass is 9.81. The summed E-state index contributed by atoms with van der Waals surface area (Å²) < 4.78 is 14.3. The number of hydrogen-bond acceptors (Lipinski definition) is 3. The van der Waals surface area contributed by atoms with Crippen LogP contribution in [0.2, 0.25) is 0 Å². The standard InChI is InChI=1S/C31H39FN4O/c1-22-20-31(15-16-35(22)21-25-8-5-7-24(18-25)17-23-13-14-23)29(33-27-10-3-2-4-11-27)34-30(37)36(31)28-12-6-9-26(32)19-28/h5-9,12,18-19,22-23,27H,2-4,10-11,13-17,20-21H2,1H3,(H,33,34,37)/t22-,31?/m0/s1. The van der Waals surface area contributed by atoms with E-state index >= 15 is 0 Å². The van der Waals surface area contributed by atoms with E-state index in [1.54, 1.807) is 6.07 Å². The van der Waals surface area contributed by atoms with Crippen LogP contribution in [-0.4, -0.2) is 40.9 Å². The maximum atomic E-state index is 14.3. The number of amides is 2. The largest absolute Gasteiger partial charge is 0.328 e. The summed E-state index contributed by atoms with van der Waals surface area (Å²) in [4.78, 5) is 22.9. The summed E-state index contributed by atoms with van der Waals surface area (Å²) in [5.41, 5.74) is 2.86. The van der Waals surface area contributed by atoms with Crippen molar-refractivity contribution in [3.8, 4) is 0 Å². The van der Waals surface area contributed by atoms with Crippen LogP contribution in [-0.2, 0) is 13.0 Å². The maximum Gasteiger partial charge on any atom is 0.328 e. The fourth-order valence-corrected chi connectivity index (χ4v) is 6.77. The minimum Gasteiger partial charge on any atom is -0.296 e. The molecule has 2 aliphatic heterocycles. The highest BCUT2D eigenvalue weighted by molar-refractivity contribution is 6.19. The van der Waals surface area contributed by atoms with E-state index in [9.17, 15) is 9.18 Å². The minimum atomic E-state index is -0.563. The van der Waals surface area contributed by atoms with E-state index in [2.05, 4.69) is 41.4 Å². The Bertz CT molecular complexity index is 1170. The van der Waals surface area contributed by atoms with Gasteiger partial charge in [-0.25, -0.2) is 9.18 Å². The van der Waals surface area contributed by atoms with Gasteiger partial charge in [-0.15, -0.1) is 0 Å². The lowest BCUT2D eigenvalue weighted by molar-refractivity contribution is 0.123. The van der Waals surface area contributed by atoms with Crippen LogP contribution in [0.5, 0.6) is 0 Å². The lowest BCUT2D eigenvalue weighted by Gasteiger charge is -2.47. The molecule has 4 fully saturated rings. The fraction of sp³-hybridized carbons (Fsp3) is 0.548. The van der Waals surface area contributed by atoms with E-state index < -0.39 is 5.54 Å². The molecule has 0 radical (unpaired) electrons. The summed E-state index contributed by atoms with van der Waals surface area (Å²) >= 11 is 0. The molecule has 2 saturated heterocycles. The number of hydrogen-bond donors (Lipinski definition) is 1. The number of rotatable bonds is 6. The SMILES string of the molecule is C[C@H]1CC2(CCN1Cc1cccc(CC3CC3)c1)C(=NC1CCCCC1)NC(=O)N2c1cccc(F)c1. The number of aliphatic imine (C=N–C) groups is 1. The number of urea groups is 1. The molecular formula is C31H39FN4O. The monoisotopic (exact) mass is 502 g/mol. The predicted molar refractivity (Wildman–Crippen MR) is 146 cm³/mol. The van der Waals surface area contributed by atoms with Crippen LogP contribution < -0.4 is 10.2 Å². The first-order valence-electron chi connectivity index (χ1n) is 14.3. The van der Waals surface area contributed by atoms with Crippen molar-refractivity contribution in [2.45, 2.75) is 95.3 Å². The molecule has 37 heavy (non-hydrogen) atoms. The number of piperidine rings is 1. The molecule has 2 heterocycles. The lowest BCUT2D eigenvalue weighted by Crippen LogP contribution is -2.59. The Morgan fingerprint density at radius 2 is 1.81 bits per heavy atom. The first-order valence-corrected chi connectivity index (χ1v) is 14.3. The number of likely N-dealkylation sites (tertiary alicyclic amines) is 1. The Morgan fingerprint density at radius 1 is 1.03 bits per heavy atom. The summed E-state index contributed by atoms with van der Waals surface area (Å²) in [6.07, 6.45) is 11.3. The number of halogens is 1. The number of nitrogens with one attached hydrogen (secondary N) is 1. The second-order valence-corrected chi connectivity index (χ2v) is 11.8. The molecule has 2 saturated carbocycles. The highest BCUT2D eigenvalue weighted by Crippen LogP contribution is 2.41. The molecular weight excluding hydrogens is 463 g/mol. The number of benzene rings is 2. The summed E-state index contributed by atoms with van der Waals surface area (Å²) in [6.45, 7) is 4.03. The fourth-order valence-electron chi connectivity index (χ4n) is 6.77. The van der Waals surface area contributed by atoms with E-state index in [-0.39, 0.29) is 23.9 Å². The molecule has 2 aromatic carbocycles. The van der Waals surface area contributed by atoms with Gasteiger partial charge >= 0.3 is 6.03 Å². The highest BCUT2D eigenvalue weighted by atomic mass is 19.1. The zero-order chi connectivity index (χ0) is 25.4. The van der Waals surface area contributed by atoms with Crippen LogP contribution in [0.1, 0.15) is 75.8 Å². The molecule has 0 bridgehead atoms. The molecule has 2 aliphatic carbocycles. The molecule has 6 heteroatoms. The zero-order valence-electron chi connectivity index (χ0n) is 22.0. The Hall–Kier alpha value is -2.73. The third-order valence-corrected chi connectivity index (χ3v) is 8.92. The van der Waals surface area contributed by atoms with Gasteiger partial charge in [-0.1, -0.05) is 49.6 Å². The van der Waals surface area contributed by atoms with Crippen molar-refractivity contribution in [2.24, 2.45) is 10.9 Å². The molecule has 4 aliphatic rings. The van der Waals surface area contributed by atoms with Crippen LogP contribution in [0.4, 0.5) is 14.9 Å². The maximum absolute atomic E-state index is 14.3. The Balaban J connectivity index is 1.27. The van der Waals surface area contributed by atoms with Crippen LogP contribution in [0.15, 0.2) is 53.5 Å². The Morgan fingerprint density at radius 3 is 2.57 bits per heavy atom. The second-order valence-electron chi connectivity index (χ2n) is 11.8. The average molecular weight is 503 g/mol. The second kappa shape index (κ2) is 10.2. The van der Waals surface area contributed by atoms with Gasteiger partial charge in [0.05, 0.1) is 6.04 Å². The van der Waals surface area contributed by atoms with Crippen LogP contribution >= 0.6 is 0 Å². The third kappa shape index (κ3) is 5.18. The number of nitrogens with zero attached hydrogens (tertiary/aromatic N) is 3. The van der Waals surface area contributed by atoms with Gasteiger partial charge in [0.1, 0.15) is 17.2 Å². The quantitative estimate of drug-likeness (QED) is 0.493. The van der Waals surface area contributed by atoms with Gasteiger partial charge < -0.3 is 0 Å². The number of carbonyl (C=O) groups is 1. The molecule has 6 rings (SSSR count). The molecule has 2 amide bonds. The van der Waals surface area contributed by atoms with Gasteiger partial charge in [-0.05, 0) is 87.1 Å². The van der Waals surface area contributed by atoms with Gasteiger partial charge in [-0.2, -0.15) is 0 Å². The van der Waals surface area contributed by atoms with Crippen molar-refractivity contribution in [3.05, 3.63) is 65.5 Å². The Kier molecular flexibility index (Phi) is 6.78. The molecule has 2 atom stereocenters. The van der Waals surface area contributed by atoms with E-state index in [4.69, 9.17) is 4.99 Å². The Labute approximate surface area is 220 Å². The summed E-state index contributed by atoms with van der Waals surface area (Å²) in [7, 11) is 0. The predicted octanol–water partition coefficient (Wildman–Crippen LogP) is 6.46. The van der Waals surface area contributed by atoms with Gasteiger partial charge in [0.15, 0.2) is 0 Å². The third-order valence-electron chi connectivity index (χ3n) is 8.92. The smallest absolute Gasteiger partial charge is 0.296 e.